The van der Waals surface area contributed by atoms with Crippen LogP contribution < -0.4 is 0 Å². The van der Waals surface area contributed by atoms with Crippen LogP contribution in [0.4, 0.5) is 0 Å². The van der Waals surface area contributed by atoms with Gasteiger partial charge in [0.15, 0.2) is 0 Å². The Morgan fingerprint density at radius 3 is 2.95 bits per heavy atom. The summed E-state index contributed by atoms with van der Waals surface area (Å²) in [5, 5.41) is 3.15. The first-order valence-corrected chi connectivity index (χ1v) is 7.19. The Bertz CT molecular complexity index is 760. The summed E-state index contributed by atoms with van der Waals surface area (Å²) >= 11 is 1.58. The number of esters is 1. The highest BCUT2D eigenvalue weighted by atomic mass is 32.1. The highest BCUT2D eigenvalue weighted by Gasteiger charge is 2.14. The van der Waals surface area contributed by atoms with Gasteiger partial charge in [0.05, 0.1) is 35.9 Å². The van der Waals surface area contributed by atoms with Gasteiger partial charge in [-0.15, -0.1) is 11.3 Å². The zero-order valence-electron chi connectivity index (χ0n) is 11.3. The Morgan fingerprint density at radius 1 is 1.40 bits per heavy atom. The van der Waals surface area contributed by atoms with Crippen molar-refractivity contribution in [2.45, 2.75) is 13.5 Å². The van der Waals surface area contributed by atoms with Gasteiger partial charge in [0.2, 0.25) is 0 Å². The number of rotatable bonds is 3. The minimum absolute atomic E-state index is 0.300. The predicted octanol–water partition coefficient (Wildman–Crippen LogP) is 3.24. The number of aryl methyl sites for hydroxylation is 1. The average Bonchev–Trinajstić information content (AvgIpc) is 3.09. The first-order valence-electron chi connectivity index (χ1n) is 6.24. The number of ether oxygens (including phenoxy) is 1. The van der Waals surface area contributed by atoms with Crippen molar-refractivity contribution in [2.75, 3.05) is 7.11 Å². The van der Waals surface area contributed by atoms with E-state index in [0.29, 0.717) is 12.1 Å². The SMILES string of the molecule is COC(=O)c1ccc2ccn(Cc3cscn3)c2c1C. The molecule has 0 radical (unpaired) electrons. The zero-order chi connectivity index (χ0) is 14.1. The molecule has 0 fully saturated rings. The lowest BCUT2D eigenvalue weighted by Crippen LogP contribution is -2.06. The molecule has 0 bridgehead atoms. The van der Waals surface area contributed by atoms with E-state index in [2.05, 4.69) is 15.6 Å². The second-order valence-corrected chi connectivity index (χ2v) is 5.31. The number of hydrogen-bond donors (Lipinski definition) is 0. The van der Waals surface area contributed by atoms with Crippen LogP contribution in [-0.2, 0) is 11.3 Å². The summed E-state index contributed by atoms with van der Waals surface area (Å²) in [5.41, 5.74) is 5.46. The van der Waals surface area contributed by atoms with Crippen LogP contribution >= 0.6 is 11.3 Å². The van der Waals surface area contributed by atoms with Gasteiger partial charge in [0.25, 0.3) is 0 Å². The van der Waals surface area contributed by atoms with E-state index in [0.717, 1.165) is 22.2 Å². The minimum Gasteiger partial charge on any atom is -0.465 e. The molecule has 3 rings (SSSR count). The van der Waals surface area contributed by atoms with Crippen molar-refractivity contribution < 1.29 is 9.53 Å². The maximum Gasteiger partial charge on any atom is 0.338 e. The summed E-state index contributed by atoms with van der Waals surface area (Å²) in [5.74, 6) is -0.300. The molecule has 0 aliphatic rings. The lowest BCUT2D eigenvalue weighted by atomic mass is 10.1. The van der Waals surface area contributed by atoms with Crippen LogP contribution in [0.5, 0.6) is 0 Å². The summed E-state index contributed by atoms with van der Waals surface area (Å²) in [6, 6.07) is 5.82. The van der Waals surface area contributed by atoms with Gasteiger partial charge in [-0.1, -0.05) is 6.07 Å². The van der Waals surface area contributed by atoms with Gasteiger partial charge < -0.3 is 9.30 Å². The Labute approximate surface area is 120 Å². The first-order chi connectivity index (χ1) is 9.70. The molecule has 0 atom stereocenters. The highest BCUT2D eigenvalue weighted by Crippen LogP contribution is 2.24. The fourth-order valence-corrected chi connectivity index (χ4v) is 2.98. The molecule has 0 amide bonds. The molecule has 20 heavy (non-hydrogen) atoms. The number of thiazole rings is 1. The maximum absolute atomic E-state index is 11.8. The topological polar surface area (TPSA) is 44.1 Å². The quantitative estimate of drug-likeness (QED) is 0.694. The average molecular weight is 286 g/mol. The number of carbonyl (C=O) groups is 1. The smallest absolute Gasteiger partial charge is 0.338 e. The number of hydrogen-bond acceptors (Lipinski definition) is 4. The molecular formula is C15H14N2O2S. The molecule has 1 aromatic carbocycles. The van der Waals surface area contributed by atoms with Gasteiger partial charge in [0, 0.05) is 11.6 Å². The van der Waals surface area contributed by atoms with Crippen LogP contribution in [0.15, 0.2) is 35.3 Å². The molecule has 0 aliphatic heterocycles. The van der Waals surface area contributed by atoms with Crippen molar-refractivity contribution in [3.8, 4) is 0 Å². The lowest BCUT2D eigenvalue weighted by molar-refractivity contribution is 0.0600. The van der Waals surface area contributed by atoms with Crippen LogP contribution in [-0.4, -0.2) is 22.6 Å². The fourth-order valence-electron chi connectivity index (χ4n) is 2.43. The van der Waals surface area contributed by atoms with Crippen LogP contribution in [0.1, 0.15) is 21.6 Å². The summed E-state index contributed by atoms with van der Waals surface area (Å²) in [4.78, 5) is 16.1. The van der Waals surface area contributed by atoms with Gasteiger partial charge in [-0.3, -0.25) is 0 Å². The predicted molar refractivity (Wildman–Crippen MR) is 79.2 cm³/mol. The second-order valence-electron chi connectivity index (χ2n) is 4.59. The van der Waals surface area contributed by atoms with Crippen LogP contribution in [0.3, 0.4) is 0 Å². The molecule has 2 heterocycles. The molecule has 0 saturated carbocycles. The van der Waals surface area contributed by atoms with E-state index >= 15 is 0 Å². The molecule has 5 heteroatoms. The number of nitrogens with zero attached hydrogens (tertiary/aromatic N) is 2. The lowest BCUT2D eigenvalue weighted by Gasteiger charge is -2.09. The standard InChI is InChI=1S/C15H14N2O2S/c1-10-13(15(18)19-2)4-3-11-5-6-17(14(10)11)7-12-8-20-9-16-12/h3-6,8-9H,7H2,1-2H3. The third-order valence-electron chi connectivity index (χ3n) is 3.40. The molecule has 0 aliphatic carbocycles. The molecule has 102 valence electrons. The number of benzene rings is 1. The van der Waals surface area contributed by atoms with E-state index in [1.165, 1.54) is 7.11 Å². The molecular weight excluding hydrogens is 272 g/mol. The number of fused-ring (bicyclic) bond motifs is 1. The molecule has 0 spiro atoms. The third-order valence-corrected chi connectivity index (χ3v) is 4.04. The molecule has 4 nitrogen and oxygen atoms in total. The van der Waals surface area contributed by atoms with Gasteiger partial charge in [-0.2, -0.15) is 0 Å². The van der Waals surface area contributed by atoms with Crippen molar-refractivity contribution >= 4 is 28.2 Å². The molecule has 2 aromatic heterocycles. The van der Waals surface area contributed by atoms with E-state index in [1.807, 2.05) is 36.1 Å². The van der Waals surface area contributed by atoms with Crippen molar-refractivity contribution in [1.82, 2.24) is 9.55 Å². The maximum atomic E-state index is 11.8. The van der Waals surface area contributed by atoms with Gasteiger partial charge in [-0.25, -0.2) is 9.78 Å². The second kappa shape index (κ2) is 5.09. The van der Waals surface area contributed by atoms with Crippen LogP contribution in [0.2, 0.25) is 0 Å². The van der Waals surface area contributed by atoms with E-state index in [4.69, 9.17) is 4.74 Å². The zero-order valence-corrected chi connectivity index (χ0v) is 12.1. The first kappa shape index (κ1) is 12.9. The highest BCUT2D eigenvalue weighted by molar-refractivity contribution is 7.07. The van der Waals surface area contributed by atoms with Crippen molar-refractivity contribution in [3.05, 3.63) is 52.1 Å². The van der Waals surface area contributed by atoms with Crippen LogP contribution in [0.25, 0.3) is 10.9 Å². The summed E-state index contributed by atoms with van der Waals surface area (Å²) in [6.45, 7) is 2.66. The summed E-state index contributed by atoms with van der Waals surface area (Å²) in [6.07, 6.45) is 2.03. The van der Waals surface area contributed by atoms with E-state index < -0.39 is 0 Å². The summed E-state index contributed by atoms with van der Waals surface area (Å²) < 4.78 is 6.95. The largest absolute Gasteiger partial charge is 0.465 e. The Morgan fingerprint density at radius 2 is 2.25 bits per heavy atom. The normalized spacial score (nSPS) is 10.9. The minimum atomic E-state index is -0.300. The monoisotopic (exact) mass is 286 g/mol. The Hall–Kier alpha value is -2.14. The third kappa shape index (κ3) is 2.10. The van der Waals surface area contributed by atoms with Crippen molar-refractivity contribution in [1.29, 1.82) is 0 Å². The molecule has 0 unspecified atom stereocenters. The molecule has 0 saturated heterocycles. The van der Waals surface area contributed by atoms with Crippen molar-refractivity contribution in [3.63, 3.8) is 0 Å². The van der Waals surface area contributed by atoms with E-state index in [-0.39, 0.29) is 5.97 Å². The molecule has 0 N–H and O–H groups in total. The number of methoxy groups -OCH3 is 1. The Balaban J connectivity index is 2.12. The fraction of sp³-hybridized carbons (Fsp3) is 0.200. The van der Waals surface area contributed by atoms with E-state index in [9.17, 15) is 4.79 Å². The van der Waals surface area contributed by atoms with Gasteiger partial charge in [0.1, 0.15) is 0 Å². The molecule has 3 aromatic rings. The summed E-state index contributed by atoms with van der Waals surface area (Å²) in [7, 11) is 1.40. The number of carbonyl (C=O) groups excluding carboxylic acids is 1. The van der Waals surface area contributed by atoms with Gasteiger partial charge in [-0.05, 0) is 30.0 Å². The van der Waals surface area contributed by atoms with Gasteiger partial charge >= 0.3 is 5.97 Å². The Kier molecular flexibility index (Phi) is 3.28. The van der Waals surface area contributed by atoms with Crippen molar-refractivity contribution in [2.24, 2.45) is 0 Å². The van der Waals surface area contributed by atoms with Crippen LogP contribution in [0, 0.1) is 6.92 Å². The van der Waals surface area contributed by atoms with E-state index in [1.54, 1.807) is 11.3 Å². The number of aromatic nitrogens is 2.